The number of nitrogens with zero attached hydrogens (tertiary/aromatic N) is 2. The number of likely N-dealkylation sites (N-methyl/N-ethyl adjacent to an activating group) is 1. The maximum absolute atomic E-state index is 11.4. The number of rotatable bonds is 7. The van der Waals surface area contributed by atoms with Gasteiger partial charge in [0.15, 0.2) is 5.13 Å². The molecule has 1 N–H and O–H groups in total. The Bertz CT molecular complexity index is 598. The number of anilines is 1. The van der Waals surface area contributed by atoms with Crippen molar-refractivity contribution in [3.8, 4) is 11.3 Å². The van der Waals surface area contributed by atoms with Crippen LogP contribution in [0.1, 0.15) is 16.6 Å². The third kappa shape index (κ3) is 3.80. The van der Waals surface area contributed by atoms with Crippen LogP contribution in [0.4, 0.5) is 5.13 Å². The summed E-state index contributed by atoms with van der Waals surface area (Å²) < 4.78 is 5.31. The predicted molar refractivity (Wildman–Crippen MR) is 84.3 cm³/mol. The monoisotopic (exact) mass is 306 g/mol. The van der Waals surface area contributed by atoms with Crippen LogP contribution in [-0.2, 0) is 4.74 Å². The van der Waals surface area contributed by atoms with Crippen molar-refractivity contribution in [1.29, 1.82) is 0 Å². The first kappa shape index (κ1) is 15.5. The van der Waals surface area contributed by atoms with E-state index in [1.54, 1.807) is 0 Å². The van der Waals surface area contributed by atoms with E-state index in [1.807, 2.05) is 49.2 Å². The minimum Gasteiger partial charge on any atom is -0.477 e. The molecule has 0 radical (unpaired) electrons. The number of thiazole rings is 1. The van der Waals surface area contributed by atoms with Crippen molar-refractivity contribution in [3.05, 3.63) is 35.2 Å². The number of aromatic nitrogens is 1. The minimum absolute atomic E-state index is 0.263. The van der Waals surface area contributed by atoms with Crippen LogP contribution >= 0.6 is 11.3 Å². The van der Waals surface area contributed by atoms with Crippen molar-refractivity contribution in [3.63, 3.8) is 0 Å². The minimum atomic E-state index is -0.948. The van der Waals surface area contributed by atoms with Gasteiger partial charge in [0.25, 0.3) is 0 Å². The van der Waals surface area contributed by atoms with Gasteiger partial charge in [0.2, 0.25) is 0 Å². The Kier molecular flexibility index (Phi) is 5.30. The zero-order valence-electron chi connectivity index (χ0n) is 12.1. The Morgan fingerprint density at radius 1 is 1.38 bits per heavy atom. The van der Waals surface area contributed by atoms with Gasteiger partial charge in [-0.15, -0.1) is 0 Å². The lowest BCUT2D eigenvalue weighted by atomic mass is 10.1. The van der Waals surface area contributed by atoms with Gasteiger partial charge in [-0.05, 0) is 6.92 Å². The molecule has 6 heteroatoms. The Labute approximate surface area is 127 Å². The van der Waals surface area contributed by atoms with Gasteiger partial charge in [0, 0.05) is 25.8 Å². The zero-order chi connectivity index (χ0) is 15.2. The van der Waals surface area contributed by atoms with Crippen LogP contribution in [0.5, 0.6) is 0 Å². The van der Waals surface area contributed by atoms with Crippen LogP contribution in [-0.4, -0.2) is 42.9 Å². The molecule has 0 saturated carbocycles. The van der Waals surface area contributed by atoms with Crippen molar-refractivity contribution >= 4 is 22.4 Å². The standard InChI is InChI=1S/C15H18N2O3S/c1-3-20-10-9-17(2)15-16-12(13(21-15)14(18)19)11-7-5-4-6-8-11/h4-8H,3,9-10H2,1-2H3,(H,18,19). The van der Waals surface area contributed by atoms with E-state index < -0.39 is 5.97 Å². The van der Waals surface area contributed by atoms with Gasteiger partial charge in [0.1, 0.15) is 4.88 Å². The Morgan fingerprint density at radius 2 is 2.10 bits per heavy atom. The highest BCUT2D eigenvalue weighted by Crippen LogP contribution is 2.32. The topological polar surface area (TPSA) is 62.7 Å². The van der Waals surface area contributed by atoms with Crippen molar-refractivity contribution in [2.75, 3.05) is 31.7 Å². The van der Waals surface area contributed by atoms with E-state index in [2.05, 4.69) is 4.98 Å². The van der Waals surface area contributed by atoms with E-state index in [0.29, 0.717) is 30.6 Å². The zero-order valence-corrected chi connectivity index (χ0v) is 12.9. The third-order valence-corrected chi connectivity index (χ3v) is 4.12. The van der Waals surface area contributed by atoms with Gasteiger partial charge >= 0.3 is 5.97 Å². The highest BCUT2D eigenvalue weighted by molar-refractivity contribution is 7.17. The van der Waals surface area contributed by atoms with Gasteiger partial charge < -0.3 is 14.7 Å². The number of aromatic carboxylic acids is 1. The van der Waals surface area contributed by atoms with Crippen LogP contribution in [0.25, 0.3) is 11.3 Å². The maximum Gasteiger partial charge on any atom is 0.348 e. The first-order valence-corrected chi connectivity index (χ1v) is 7.53. The number of carboxylic acids is 1. The molecule has 0 saturated heterocycles. The maximum atomic E-state index is 11.4. The quantitative estimate of drug-likeness (QED) is 0.797. The Morgan fingerprint density at radius 3 is 2.71 bits per heavy atom. The molecule has 0 fully saturated rings. The number of carboxylic acid groups (broad SMARTS) is 1. The lowest BCUT2D eigenvalue weighted by molar-refractivity contribution is 0.0702. The number of hydrogen-bond acceptors (Lipinski definition) is 5. The second kappa shape index (κ2) is 7.19. The molecular formula is C15H18N2O3S. The normalized spacial score (nSPS) is 10.6. The highest BCUT2D eigenvalue weighted by atomic mass is 32.1. The largest absolute Gasteiger partial charge is 0.477 e. The summed E-state index contributed by atoms with van der Waals surface area (Å²) in [6.07, 6.45) is 0. The molecule has 21 heavy (non-hydrogen) atoms. The summed E-state index contributed by atoms with van der Waals surface area (Å²) in [5, 5.41) is 10.0. The van der Waals surface area contributed by atoms with Crippen LogP contribution in [0, 0.1) is 0 Å². The van der Waals surface area contributed by atoms with Gasteiger partial charge in [-0.2, -0.15) is 0 Å². The Balaban J connectivity index is 2.27. The molecule has 2 rings (SSSR count). The molecule has 1 heterocycles. The lowest BCUT2D eigenvalue weighted by Crippen LogP contribution is -2.22. The third-order valence-electron chi connectivity index (χ3n) is 2.96. The molecule has 0 atom stereocenters. The molecule has 0 aliphatic rings. The molecule has 0 spiro atoms. The van der Waals surface area contributed by atoms with Gasteiger partial charge in [-0.3, -0.25) is 0 Å². The number of hydrogen-bond donors (Lipinski definition) is 1. The summed E-state index contributed by atoms with van der Waals surface area (Å²) in [6.45, 7) is 3.88. The fourth-order valence-electron chi connectivity index (χ4n) is 1.85. The molecule has 2 aromatic rings. The van der Waals surface area contributed by atoms with Gasteiger partial charge in [-0.1, -0.05) is 41.7 Å². The molecular weight excluding hydrogens is 288 g/mol. The molecule has 112 valence electrons. The summed E-state index contributed by atoms with van der Waals surface area (Å²) in [5.74, 6) is -0.948. The van der Waals surface area contributed by atoms with Gasteiger partial charge in [-0.25, -0.2) is 9.78 Å². The predicted octanol–water partition coefficient (Wildman–Crippen LogP) is 2.98. The SMILES string of the molecule is CCOCCN(C)c1nc(-c2ccccc2)c(C(=O)O)s1. The number of carbonyl (C=O) groups is 1. The fraction of sp³-hybridized carbons (Fsp3) is 0.333. The summed E-state index contributed by atoms with van der Waals surface area (Å²) in [4.78, 5) is 18.1. The smallest absolute Gasteiger partial charge is 0.348 e. The Hall–Kier alpha value is -1.92. The average Bonchev–Trinajstić information content (AvgIpc) is 2.94. The van der Waals surface area contributed by atoms with E-state index in [4.69, 9.17) is 4.74 Å². The van der Waals surface area contributed by atoms with E-state index in [9.17, 15) is 9.90 Å². The molecule has 0 bridgehead atoms. The summed E-state index contributed by atoms with van der Waals surface area (Å²) in [5.41, 5.74) is 1.34. The second-order valence-corrected chi connectivity index (χ2v) is 5.44. The van der Waals surface area contributed by atoms with Crippen LogP contribution in [0.3, 0.4) is 0 Å². The van der Waals surface area contributed by atoms with Crippen LogP contribution in [0.2, 0.25) is 0 Å². The summed E-state index contributed by atoms with van der Waals surface area (Å²) in [6, 6.07) is 9.37. The molecule has 0 unspecified atom stereocenters. The average molecular weight is 306 g/mol. The van der Waals surface area contributed by atoms with Crippen molar-refractivity contribution in [2.45, 2.75) is 6.92 Å². The lowest BCUT2D eigenvalue weighted by Gasteiger charge is -2.14. The van der Waals surface area contributed by atoms with E-state index in [0.717, 1.165) is 5.56 Å². The first-order valence-electron chi connectivity index (χ1n) is 6.72. The molecule has 0 amide bonds. The van der Waals surface area contributed by atoms with E-state index in [1.165, 1.54) is 11.3 Å². The fourth-order valence-corrected chi connectivity index (χ4v) is 2.76. The number of benzene rings is 1. The van der Waals surface area contributed by atoms with Crippen molar-refractivity contribution in [2.24, 2.45) is 0 Å². The van der Waals surface area contributed by atoms with Crippen molar-refractivity contribution in [1.82, 2.24) is 4.98 Å². The molecule has 1 aromatic heterocycles. The summed E-state index contributed by atoms with van der Waals surface area (Å²) >= 11 is 1.19. The highest BCUT2D eigenvalue weighted by Gasteiger charge is 2.20. The van der Waals surface area contributed by atoms with Crippen LogP contribution < -0.4 is 4.90 Å². The van der Waals surface area contributed by atoms with E-state index >= 15 is 0 Å². The van der Waals surface area contributed by atoms with E-state index in [-0.39, 0.29) is 4.88 Å². The molecule has 0 aliphatic carbocycles. The van der Waals surface area contributed by atoms with Gasteiger partial charge in [0.05, 0.1) is 12.3 Å². The van der Waals surface area contributed by atoms with Crippen LogP contribution in [0.15, 0.2) is 30.3 Å². The summed E-state index contributed by atoms with van der Waals surface area (Å²) in [7, 11) is 1.89. The molecule has 0 aliphatic heterocycles. The second-order valence-electron chi connectivity index (χ2n) is 4.46. The molecule has 5 nitrogen and oxygen atoms in total. The number of ether oxygens (including phenoxy) is 1. The van der Waals surface area contributed by atoms with Crippen molar-refractivity contribution < 1.29 is 14.6 Å². The first-order chi connectivity index (χ1) is 10.1. The molecule has 1 aromatic carbocycles.